The molecule has 0 aromatic carbocycles. The summed E-state index contributed by atoms with van der Waals surface area (Å²) in [5.41, 5.74) is 2.22. The van der Waals surface area contributed by atoms with Crippen molar-refractivity contribution in [1.29, 1.82) is 0 Å². The lowest BCUT2D eigenvalue weighted by molar-refractivity contribution is 0.0340. The summed E-state index contributed by atoms with van der Waals surface area (Å²) in [6.07, 6.45) is 0. The minimum atomic E-state index is 0.000445. The molecule has 7 nitrogen and oxygen atoms in total. The number of rotatable bonds is 5. The minimum Gasteiger partial charge on any atom is -0.456 e. The number of amides is 1. The van der Waals surface area contributed by atoms with Crippen molar-refractivity contribution in [3.05, 3.63) is 39.2 Å². The Morgan fingerprint density at radius 2 is 1.79 bits per heavy atom. The van der Waals surface area contributed by atoms with Gasteiger partial charge in [0.1, 0.15) is 5.76 Å². The van der Waals surface area contributed by atoms with Crippen molar-refractivity contribution >= 4 is 17.2 Å². The third kappa shape index (κ3) is 4.63. The molecule has 2 saturated heterocycles. The first kappa shape index (κ1) is 19.6. The molecule has 2 aromatic heterocycles. The molecule has 28 heavy (non-hydrogen) atoms. The predicted molar refractivity (Wildman–Crippen MR) is 108 cm³/mol. The largest absolute Gasteiger partial charge is 0.456 e. The number of nitrogens with zero attached hydrogens (tertiary/aromatic N) is 4. The van der Waals surface area contributed by atoms with Crippen LogP contribution in [0.5, 0.6) is 0 Å². The first-order valence-electron chi connectivity index (χ1n) is 9.90. The van der Waals surface area contributed by atoms with E-state index < -0.39 is 0 Å². The molecule has 4 rings (SSSR count). The standard InChI is InChI=1S/C20H28N4O3S/c1-15-17(12-23-7-9-26-10-8-23)11-19(27-15)20(25)24-5-3-22(4-6-24)13-18-14-28-16(2)21-18/h11,14H,3-10,12-13H2,1-2H3. The third-order valence-corrected chi connectivity index (χ3v) is 6.26. The number of furan rings is 1. The van der Waals surface area contributed by atoms with Gasteiger partial charge in [0.2, 0.25) is 0 Å². The maximum atomic E-state index is 12.9. The van der Waals surface area contributed by atoms with Crippen LogP contribution >= 0.6 is 11.3 Å². The summed E-state index contributed by atoms with van der Waals surface area (Å²) >= 11 is 1.69. The highest BCUT2D eigenvalue weighted by Gasteiger charge is 2.26. The Balaban J connectivity index is 1.31. The Morgan fingerprint density at radius 3 is 2.46 bits per heavy atom. The van der Waals surface area contributed by atoms with E-state index in [0.717, 1.165) is 87.6 Å². The van der Waals surface area contributed by atoms with E-state index in [1.54, 1.807) is 11.3 Å². The van der Waals surface area contributed by atoms with Crippen LogP contribution in [0.2, 0.25) is 0 Å². The van der Waals surface area contributed by atoms with Crippen molar-refractivity contribution in [1.82, 2.24) is 19.7 Å². The fourth-order valence-electron chi connectivity index (χ4n) is 3.76. The molecule has 8 heteroatoms. The molecule has 2 aliphatic rings. The number of hydrogen-bond donors (Lipinski definition) is 0. The van der Waals surface area contributed by atoms with Crippen LogP contribution in [0.3, 0.4) is 0 Å². The van der Waals surface area contributed by atoms with Crippen LogP contribution in [0.25, 0.3) is 0 Å². The number of carbonyl (C=O) groups is 1. The van der Waals surface area contributed by atoms with E-state index in [-0.39, 0.29) is 5.91 Å². The number of piperazine rings is 1. The topological polar surface area (TPSA) is 62.1 Å². The van der Waals surface area contributed by atoms with E-state index in [9.17, 15) is 4.79 Å². The normalized spacial score (nSPS) is 19.3. The molecule has 0 radical (unpaired) electrons. The van der Waals surface area contributed by atoms with Gasteiger partial charge in [-0.3, -0.25) is 14.6 Å². The highest BCUT2D eigenvalue weighted by atomic mass is 32.1. The molecular formula is C20H28N4O3S. The third-order valence-electron chi connectivity index (χ3n) is 5.44. The average Bonchev–Trinajstić information content (AvgIpc) is 3.28. The molecule has 0 N–H and O–H groups in total. The fraction of sp³-hybridized carbons (Fsp3) is 0.600. The summed E-state index contributed by atoms with van der Waals surface area (Å²) in [5, 5.41) is 3.22. The first-order valence-corrected chi connectivity index (χ1v) is 10.8. The van der Waals surface area contributed by atoms with Crippen LogP contribution in [0.4, 0.5) is 0 Å². The van der Waals surface area contributed by atoms with E-state index >= 15 is 0 Å². The van der Waals surface area contributed by atoms with Crippen LogP contribution < -0.4 is 0 Å². The summed E-state index contributed by atoms with van der Waals surface area (Å²) in [4.78, 5) is 24.0. The van der Waals surface area contributed by atoms with E-state index in [1.807, 2.05) is 24.8 Å². The van der Waals surface area contributed by atoms with Crippen molar-refractivity contribution in [3.63, 3.8) is 0 Å². The molecule has 4 heterocycles. The number of hydrogen-bond acceptors (Lipinski definition) is 7. The van der Waals surface area contributed by atoms with E-state index in [4.69, 9.17) is 9.15 Å². The average molecular weight is 405 g/mol. The Kier molecular flexibility index (Phi) is 6.10. The van der Waals surface area contributed by atoms with Gasteiger partial charge in [-0.1, -0.05) is 0 Å². The van der Waals surface area contributed by atoms with E-state index in [2.05, 4.69) is 20.2 Å². The SMILES string of the molecule is Cc1nc(CN2CCN(C(=O)c3cc(CN4CCOCC4)c(C)o3)CC2)cs1. The lowest BCUT2D eigenvalue weighted by Crippen LogP contribution is -2.48. The predicted octanol–water partition coefficient (Wildman–Crippen LogP) is 2.14. The summed E-state index contributed by atoms with van der Waals surface area (Å²) in [6.45, 7) is 12.2. The molecule has 0 bridgehead atoms. The maximum absolute atomic E-state index is 12.9. The van der Waals surface area contributed by atoms with Crippen molar-refractivity contribution in [2.24, 2.45) is 0 Å². The zero-order valence-corrected chi connectivity index (χ0v) is 17.5. The second-order valence-corrected chi connectivity index (χ2v) is 8.57. The molecule has 0 unspecified atom stereocenters. The van der Waals surface area contributed by atoms with Crippen LogP contribution in [-0.4, -0.2) is 78.1 Å². The summed E-state index contributed by atoms with van der Waals surface area (Å²) in [5.74, 6) is 1.30. The minimum absolute atomic E-state index is 0.000445. The van der Waals surface area contributed by atoms with Crippen molar-refractivity contribution < 1.29 is 13.9 Å². The Bertz CT molecular complexity index is 804. The van der Waals surface area contributed by atoms with Gasteiger partial charge in [0.05, 0.1) is 23.9 Å². The van der Waals surface area contributed by atoms with Gasteiger partial charge in [0.25, 0.3) is 5.91 Å². The van der Waals surface area contributed by atoms with Crippen LogP contribution in [0.1, 0.15) is 32.6 Å². The van der Waals surface area contributed by atoms with E-state index in [0.29, 0.717) is 5.76 Å². The van der Waals surface area contributed by atoms with Crippen LogP contribution in [-0.2, 0) is 17.8 Å². The van der Waals surface area contributed by atoms with Gasteiger partial charge in [-0.15, -0.1) is 11.3 Å². The molecule has 152 valence electrons. The summed E-state index contributed by atoms with van der Waals surface area (Å²) in [6, 6.07) is 1.93. The molecule has 2 fully saturated rings. The number of carbonyl (C=O) groups excluding carboxylic acids is 1. The summed E-state index contributed by atoms with van der Waals surface area (Å²) < 4.78 is 11.2. The van der Waals surface area contributed by atoms with Gasteiger partial charge in [-0.25, -0.2) is 4.98 Å². The zero-order valence-electron chi connectivity index (χ0n) is 16.6. The molecule has 2 aliphatic heterocycles. The second-order valence-electron chi connectivity index (χ2n) is 7.51. The number of aryl methyl sites for hydroxylation is 2. The van der Waals surface area contributed by atoms with Gasteiger partial charge in [-0.2, -0.15) is 0 Å². The van der Waals surface area contributed by atoms with Crippen LogP contribution in [0.15, 0.2) is 15.9 Å². The Labute approximate surface area is 169 Å². The van der Waals surface area contributed by atoms with Gasteiger partial charge in [0, 0.05) is 63.3 Å². The number of aromatic nitrogens is 1. The fourth-order valence-corrected chi connectivity index (χ4v) is 4.36. The van der Waals surface area contributed by atoms with Gasteiger partial charge in [0.15, 0.2) is 5.76 Å². The highest BCUT2D eigenvalue weighted by molar-refractivity contribution is 7.09. The number of morpholine rings is 1. The Hall–Kier alpha value is -1.74. The lowest BCUT2D eigenvalue weighted by atomic mass is 10.2. The summed E-state index contributed by atoms with van der Waals surface area (Å²) in [7, 11) is 0. The van der Waals surface area contributed by atoms with Gasteiger partial charge >= 0.3 is 0 Å². The van der Waals surface area contributed by atoms with E-state index in [1.165, 1.54) is 0 Å². The Morgan fingerprint density at radius 1 is 1.07 bits per heavy atom. The van der Waals surface area contributed by atoms with Crippen molar-refractivity contribution in [3.8, 4) is 0 Å². The number of ether oxygens (including phenoxy) is 1. The first-order chi connectivity index (χ1) is 13.6. The molecule has 0 spiro atoms. The maximum Gasteiger partial charge on any atom is 0.289 e. The molecule has 1 amide bonds. The van der Waals surface area contributed by atoms with Crippen molar-refractivity contribution in [2.75, 3.05) is 52.5 Å². The zero-order chi connectivity index (χ0) is 19.5. The molecular weight excluding hydrogens is 376 g/mol. The van der Waals surface area contributed by atoms with Crippen molar-refractivity contribution in [2.45, 2.75) is 26.9 Å². The monoisotopic (exact) mass is 404 g/mol. The van der Waals surface area contributed by atoms with Crippen LogP contribution in [0, 0.1) is 13.8 Å². The van der Waals surface area contributed by atoms with Gasteiger partial charge in [-0.05, 0) is 19.9 Å². The second kappa shape index (κ2) is 8.73. The highest BCUT2D eigenvalue weighted by Crippen LogP contribution is 2.20. The smallest absolute Gasteiger partial charge is 0.289 e. The molecule has 0 atom stereocenters. The molecule has 0 aliphatic carbocycles. The number of thiazole rings is 1. The molecule has 2 aromatic rings. The lowest BCUT2D eigenvalue weighted by Gasteiger charge is -2.33. The quantitative estimate of drug-likeness (QED) is 0.761. The van der Waals surface area contributed by atoms with Gasteiger partial charge < -0.3 is 14.1 Å². The molecule has 0 saturated carbocycles.